The Morgan fingerprint density at radius 2 is 1.86 bits per heavy atom. The van der Waals surface area contributed by atoms with Gasteiger partial charge in [0.1, 0.15) is 6.04 Å². The van der Waals surface area contributed by atoms with E-state index in [1.54, 1.807) is 0 Å². The van der Waals surface area contributed by atoms with Crippen LogP contribution < -0.4 is 0 Å². The summed E-state index contributed by atoms with van der Waals surface area (Å²) in [5.41, 5.74) is 0. The number of rotatable bonds is 3. The van der Waals surface area contributed by atoms with Gasteiger partial charge in [-0.2, -0.15) is 0 Å². The molecule has 3 heteroatoms. The second-order valence-corrected chi connectivity index (χ2v) is 7.59. The molecular formula is C18H31NO2. The first-order valence-electron chi connectivity index (χ1n) is 9.21. The minimum absolute atomic E-state index is 0.193. The van der Waals surface area contributed by atoms with E-state index in [0.29, 0.717) is 18.0 Å². The Labute approximate surface area is 129 Å². The molecule has 120 valence electrons. The number of likely N-dealkylation sites (tertiary alicyclic amines) is 1. The van der Waals surface area contributed by atoms with Crippen molar-refractivity contribution in [1.82, 2.24) is 4.90 Å². The predicted octanol–water partition coefficient (Wildman–Crippen LogP) is 4.06. The van der Waals surface area contributed by atoms with E-state index in [0.717, 1.165) is 12.3 Å². The minimum Gasteiger partial charge on any atom is -0.480 e. The molecule has 0 spiro atoms. The molecule has 0 aromatic heterocycles. The summed E-state index contributed by atoms with van der Waals surface area (Å²) in [7, 11) is 0. The van der Waals surface area contributed by atoms with Crippen LogP contribution in [0.1, 0.15) is 77.6 Å². The van der Waals surface area contributed by atoms with Gasteiger partial charge in [0.25, 0.3) is 0 Å². The van der Waals surface area contributed by atoms with E-state index >= 15 is 0 Å². The molecule has 3 nitrogen and oxygen atoms in total. The van der Waals surface area contributed by atoms with Gasteiger partial charge in [0, 0.05) is 12.1 Å². The van der Waals surface area contributed by atoms with Gasteiger partial charge in [-0.1, -0.05) is 39.0 Å². The molecular weight excluding hydrogens is 262 g/mol. The summed E-state index contributed by atoms with van der Waals surface area (Å²) < 4.78 is 0. The van der Waals surface area contributed by atoms with Crippen LogP contribution >= 0.6 is 0 Å². The quantitative estimate of drug-likeness (QED) is 0.798. The van der Waals surface area contributed by atoms with E-state index in [-0.39, 0.29) is 6.04 Å². The number of carboxylic acids is 1. The van der Waals surface area contributed by atoms with E-state index in [9.17, 15) is 9.90 Å². The Kier molecular flexibility index (Phi) is 4.88. The van der Waals surface area contributed by atoms with Crippen LogP contribution in [0.4, 0.5) is 0 Å². The van der Waals surface area contributed by atoms with Gasteiger partial charge in [0.15, 0.2) is 0 Å². The lowest BCUT2D eigenvalue weighted by Gasteiger charge is -2.38. The Morgan fingerprint density at radius 3 is 2.62 bits per heavy atom. The first kappa shape index (κ1) is 15.3. The monoisotopic (exact) mass is 293 g/mol. The largest absolute Gasteiger partial charge is 0.480 e. The number of carboxylic acid groups (broad SMARTS) is 1. The molecule has 2 aliphatic carbocycles. The summed E-state index contributed by atoms with van der Waals surface area (Å²) in [4.78, 5) is 14.2. The topological polar surface area (TPSA) is 40.5 Å². The smallest absolute Gasteiger partial charge is 0.320 e. The highest BCUT2D eigenvalue weighted by Crippen LogP contribution is 2.43. The SMILES string of the molecule is CCC1CCCC(N2C(C(=O)O)CC3CCCCC32)CC1. The van der Waals surface area contributed by atoms with Gasteiger partial charge in [-0.05, 0) is 50.4 Å². The molecule has 0 radical (unpaired) electrons. The van der Waals surface area contributed by atoms with Crippen LogP contribution in [0.25, 0.3) is 0 Å². The fourth-order valence-electron chi connectivity index (χ4n) is 5.31. The van der Waals surface area contributed by atoms with Crippen LogP contribution in [0.2, 0.25) is 0 Å². The van der Waals surface area contributed by atoms with Crippen LogP contribution in [0.5, 0.6) is 0 Å². The lowest BCUT2D eigenvalue weighted by molar-refractivity contribution is -0.143. The van der Waals surface area contributed by atoms with E-state index in [1.807, 2.05) is 0 Å². The second-order valence-electron chi connectivity index (χ2n) is 7.59. The molecule has 1 heterocycles. The summed E-state index contributed by atoms with van der Waals surface area (Å²) in [5.74, 6) is 0.966. The summed E-state index contributed by atoms with van der Waals surface area (Å²) in [6.45, 7) is 2.30. The molecule has 0 aromatic carbocycles. The van der Waals surface area contributed by atoms with Gasteiger partial charge in [0.05, 0.1) is 0 Å². The van der Waals surface area contributed by atoms with Crippen molar-refractivity contribution in [3.8, 4) is 0 Å². The van der Waals surface area contributed by atoms with Crippen molar-refractivity contribution in [2.75, 3.05) is 0 Å². The maximum Gasteiger partial charge on any atom is 0.320 e. The van der Waals surface area contributed by atoms with Crippen molar-refractivity contribution in [3.05, 3.63) is 0 Å². The maximum absolute atomic E-state index is 11.8. The number of aliphatic carboxylic acids is 1. The number of carbonyl (C=O) groups is 1. The summed E-state index contributed by atoms with van der Waals surface area (Å²) in [6.07, 6.45) is 13.7. The van der Waals surface area contributed by atoms with Crippen molar-refractivity contribution < 1.29 is 9.90 Å². The molecule has 3 aliphatic rings. The second kappa shape index (κ2) is 6.68. The summed E-state index contributed by atoms with van der Waals surface area (Å²) in [6, 6.07) is 0.917. The van der Waals surface area contributed by atoms with E-state index in [4.69, 9.17) is 0 Å². The van der Waals surface area contributed by atoms with Crippen molar-refractivity contribution in [2.24, 2.45) is 11.8 Å². The Hall–Kier alpha value is -0.570. The highest BCUT2D eigenvalue weighted by molar-refractivity contribution is 5.74. The molecule has 0 bridgehead atoms. The third-order valence-electron chi connectivity index (χ3n) is 6.48. The molecule has 0 amide bonds. The van der Waals surface area contributed by atoms with Gasteiger partial charge < -0.3 is 5.11 Å². The zero-order valence-corrected chi connectivity index (χ0v) is 13.5. The Bertz CT molecular complexity index is 370. The van der Waals surface area contributed by atoms with Crippen molar-refractivity contribution in [1.29, 1.82) is 0 Å². The fraction of sp³-hybridized carbons (Fsp3) is 0.944. The van der Waals surface area contributed by atoms with Gasteiger partial charge in [-0.25, -0.2) is 0 Å². The molecule has 5 atom stereocenters. The third kappa shape index (κ3) is 3.13. The van der Waals surface area contributed by atoms with Gasteiger partial charge in [-0.15, -0.1) is 0 Å². The standard InChI is InChI=1S/C18H31NO2/c1-2-13-6-5-8-15(11-10-13)19-16-9-4-3-7-14(16)12-17(19)18(20)21/h13-17H,2-12H2,1H3,(H,20,21). The number of hydrogen-bond donors (Lipinski definition) is 1. The molecule has 2 saturated carbocycles. The zero-order chi connectivity index (χ0) is 14.8. The lowest BCUT2D eigenvalue weighted by Crippen LogP contribution is -2.48. The van der Waals surface area contributed by atoms with Crippen molar-refractivity contribution in [3.63, 3.8) is 0 Å². The summed E-state index contributed by atoms with van der Waals surface area (Å²) >= 11 is 0. The van der Waals surface area contributed by atoms with Gasteiger partial charge >= 0.3 is 5.97 Å². The molecule has 3 fully saturated rings. The minimum atomic E-state index is -0.569. The summed E-state index contributed by atoms with van der Waals surface area (Å²) in [5, 5.41) is 9.69. The molecule has 5 unspecified atom stereocenters. The predicted molar refractivity (Wildman–Crippen MR) is 84.3 cm³/mol. The fourth-order valence-corrected chi connectivity index (χ4v) is 5.31. The Morgan fingerprint density at radius 1 is 1.05 bits per heavy atom. The van der Waals surface area contributed by atoms with Crippen LogP contribution in [-0.4, -0.2) is 34.1 Å². The van der Waals surface area contributed by atoms with Crippen LogP contribution in [0.15, 0.2) is 0 Å². The average molecular weight is 293 g/mol. The molecule has 3 rings (SSSR count). The molecule has 1 aliphatic heterocycles. The highest BCUT2D eigenvalue weighted by atomic mass is 16.4. The maximum atomic E-state index is 11.8. The molecule has 0 aromatic rings. The number of nitrogens with zero attached hydrogens (tertiary/aromatic N) is 1. The van der Waals surface area contributed by atoms with E-state index in [2.05, 4.69) is 11.8 Å². The van der Waals surface area contributed by atoms with E-state index in [1.165, 1.54) is 64.2 Å². The number of fused-ring (bicyclic) bond motifs is 1. The van der Waals surface area contributed by atoms with E-state index < -0.39 is 5.97 Å². The van der Waals surface area contributed by atoms with Crippen LogP contribution in [0, 0.1) is 11.8 Å². The molecule has 21 heavy (non-hydrogen) atoms. The van der Waals surface area contributed by atoms with Gasteiger partial charge in [-0.3, -0.25) is 9.69 Å². The van der Waals surface area contributed by atoms with Crippen molar-refractivity contribution in [2.45, 2.75) is 95.7 Å². The van der Waals surface area contributed by atoms with Crippen LogP contribution in [0.3, 0.4) is 0 Å². The van der Waals surface area contributed by atoms with Crippen molar-refractivity contribution >= 4 is 5.97 Å². The van der Waals surface area contributed by atoms with Crippen LogP contribution in [-0.2, 0) is 4.79 Å². The number of hydrogen-bond acceptors (Lipinski definition) is 2. The molecule has 1 saturated heterocycles. The van der Waals surface area contributed by atoms with Gasteiger partial charge in [0.2, 0.25) is 0 Å². The first-order chi connectivity index (χ1) is 10.2. The highest BCUT2D eigenvalue weighted by Gasteiger charge is 2.47. The molecule has 1 N–H and O–H groups in total. The average Bonchev–Trinajstić information content (AvgIpc) is 2.72. The zero-order valence-electron chi connectivity index (χ0n) is 13.5. The Balaban J connectivity index is 1.74. The third-order valence-corrected chi connectivity index (χ3v) is 6.48. The normalized spacial score (nSPS) is 41.5. The first-order valence-corrected chi connectivity index (χ1v) is 9.21. The lowest BCUT2D eigenvalue weighted by atomic mass is 9.84.